The van der Waals surface area contributed by atoms with E-state index in [-0.39, 0.29) is 36.2 Å². The molecule has 1 fully saturated rings. The monoisotopic (exact) mass is 519 g/mol. The van der Waals surface area contributed by atoms with Crippen molar-refractivity contribution in [3.63, 3.8) is 0 Å². The first-order valence-corrected chi connectivity index (χ1v) is 12.8. The van der Waals surface area contributed by atoms with Gasteiger partial charge in [-0.1, -0.05) is 68.2 Å². The maximum atomic E-state index is 14.2. The molecule has 190 valence electrons. The Hall–Kier alpha value is -2.08. The summed E-state index contributed by atoms with van der Waals surface area (Å²) in [6.45, 7) is 9.18. The molecular weight excluding hydrogens is 485 g/mol. The fourth-order valence-electron chi connectivity index (χ4n) is 5.51. The minimum Gasteiger partial charge on any atom is -0.481 e. The minimum absolute atomic E-state index is 0.207. The second kappa shape index (κ2) is 10.5. The van der Waals surface area contributed by atoms with Crippen molar-refractivity contribution in [2.45, 2.75) is 77.5 Å². The molecule has 7 heteroatoms. The third-order valence-corrected chi connectivity index (χ3v) is 8.09. The van der Waals surface area contributed by atoms with Gasteiger partial charge in [0.05, 0.1) is 23.5 Å². The molecule has 0 radical (unpaired) electrons. The van der Waals surface area contributed by atoms with Crippen LogP contribution in [0.25, 0.3) is 0 Å². The summed E-state index contributed by atoms with van der Waals surface area (Å²) in [5, 5.41) is 21.8. The molecule has 1 amide bonds. The summed E-state index contributed by atoms with van der Waals surface area (Å²) in [7, 11) is 0. The summed E-state index contributed by atoms with van der Waals surface area (Å²) >= 11 is 12.6. The zero-order chi connectivity index (χ0) is 26.1. The highest BCUT2D eigenvalue weighted by Gasteiger charge is 2.53. The summed E-state index contributed by atoms with van der Waals surface area (Å²) < 4.78 is 0. The van der Waals surface area contributed by atoms with Crippen LogP contribution in [0.4, 0.5) is 0 Å². The van der Waals surface area contributed by atoms with Gasteiger partial charge in [0, 0.05) is 27.9 Å². The SMILES string of the molecule is CC[C@@H]([C@@H](C)C(C)(C)O)N1C(=O)[C@@](C)(CC(=O)O)CC(c2cccc(Cl)c2)[C@H]1c1ccc(Cl)cc1. The number of carbonyl (C=O) groups excluding carboxylic acids is 1. The van der Waals surface area contributed by atoms with Crippen molar-refractivity contribution in [2.75, 3.05) is 0 Å². The van der Waals surface area contributed by atoms with Crippen LogP contribution in [0.1, 0.15) is 77.0 Å². The van der Waals surface area contributed by atoms with Gasteiger partial charge in [0.15, 0.2) is 0 Å². The minimum atomic E-state index is -1.12. The average molecular weight is 520 g/mol. The van der Waals surface area contributed by atoms with Gasteiger partial charge in [0.25, 0.3) is 0 Å². The fraction of sp³-hybridized carbons (Fsp3) is 0.500. The molecule has 35 heavy (non-hydrogen) atoms. The van der Waals surface area contributed by atoms with Gasteiger partial charge in [0.2, 0.25) is 5.91 Å². The van der Waals surface area contributed by atoms with Crippen LogP contribution in [0.15, 0.2) is 48.5 Å². The number of likely N-dealkylation sites (tertiary alicyclic amines) is 1. The molecule has 0 saturated carbocycles. The normalized spacial score (nSPS) is 24.8. The number of rotatable bonds is 8. The van der Waals surface area contributed by atoms with E-state index in [0.717, 1.165) is 11.1 Å². The topological polar surface area (TPSA) is 77.8 Å². The Kier molecular flexibility index (Phi) is 8.25. The first-order valence-electron chi connectivity index (χ1n) is 12.1. The number of carboxylic acids is 1. The average Bonchev–Trinajstić information content (AvgIpc) is 2.76. The van der Waals surface area contributed by atoms with Crippen LogP contribution in [0.2, 0.25) is 10.0 Å². The number of benzene rings is 2. The van der Waals surface area contributed by atoms with Crippen molar-refractivity contribution in [1.82, 2.24) is 4.90 Å². The largest absolute Gasteiger partial charge is 0.481 e. The van der Waals surface area contributed by atoms with E-state index < -0.39 is 17.0 Å². The number of hydrogen-bond acceptors (Lipinski definition) is 3. The Morgan fingerprint density at radius 1 is 1.14 bits per heavy atom. The number of aliphatic carboxylic acids is 1. The van der Waals surface area contributed by atoms with Crippen LogP contribution in [0.3, 0.4) is 0 Å². The lowest BCUT2D eigenvalue weighted by molar-refractivity contribution is -0.164. The zero-order valence-corrected chi connectivity index (χ0v) is 22.5. The van der Waals surface area contributed by atoms with Gasteiger partial charge in [-0.15, -0.1) is 0 Å². The molecule has 5 nitrogen and oxygen atoms in total. The molecular formula is C28H35Cl2NO4. The summed E-state index contributed by atoms with van der Waals surface area (Å²) in [5.74, 6) is -1.70. The summed E-state index contributed by atoms with van der Waals surface area (Å²) in [5.41, 5.74) is -0.310. The van der Waals surface area contributed by atoms with E-state index in [0.29, 0.717) is 22.9 Å². The summed E-state index contributed by atoms with van der Waals surface area (Å²) in [6, 6.07) is 14.3. The van der Waals surface area contributed by atoms with E-state index in [1.165, 1.54) is 0 Å². The van der Waals surface area contributed by atoms with Crippen LogP contribution in [-0.4, -0.2) is 38.6 Å². The van der Waals surface area contributed by atoms with Crippen molar-refractivity contribution in [3.8, 4) is 0 Å². The van der Waals surface area contributed by atoms with E-state index in [4.69, 9.17) is 23.2 Å². The lowest BCUT2D eigenvalue weighted by Gasteiger charge is -2.54. The van der Waals surface area contributed by atoms with Crippen molar-refractivity contribution in [2.24, 2.45) is 11.3 Å². The predicted molar refractivity (Wildman–Crippen MR) is 140 cm³/mol. The van der Waals surface area contributed by atoms with Crippen LogP contribution >= 0.6 is 23.2 Å². The quantitative estimate of drug-likeness (QED) is 0.405. The second-order valence-electron chi connectivity index (χ2n) is 10.6. The van der Waals surface area contributed by atoms with E-state index in [9.17, 15) is 19.8 Å². The number of aliphatic hydroxyl groups is 1. The second-order valence-corrected chi connectivity index (χ2v) is 11.5. The Balaban J connectivity index is 2.28. The van der Waals surface area contributed by atoms with Crippen molar-refractivity contribution in [3.05, 3.63) is 69.7 Å². The number of hydrogen-bond donors (Lipinski definition) is 2. The van der Waals surface area contributed by atoms with Gasteiger partial charge in [-0.05, 0) is 62.1 Å². The third-order valence-electron chi connectivity index (χ3n) is 7.60. The highest BCUT2D eigenvalue weighted by Crippen LogP contribution is 2.53. The Labute approximate surface area is 218 Å². The number of carboxylic acid groups (broad SMARTS) is 1. The van der Waals surface area contributed by atoms with Crippen molar-refractivity contribution < 1.29 is 19.8 Å². The van der Waals surface area contributed by atoms with Gasteiger partial charge >= 0.3 is 5.97 Å². The van der Waals surface area contributed by atoms with Gasteiger partial charge in [-0.3, -0.25) is 9.59 Å². The zero-order valence-electron chi connectivity index (χ0n) is 21.0. The first-order chi connectivity index (χ1) is 16.3. The van der Waals surface area contributed by atoms with E-state index in [2.05, 4.69) is 0 Å². The highest BCUT2D eigenvalue weighted by atomic mass is 35.5. The molecule has 0 aliphatic carbocycles. The standard InChI is InChI=1S/C28H35Cl2NO4/c1-6-23(17(2)27(3,4)35)31-25(18-10-12-20(29)13-11-18)22(19-8-7-9-21(30)14-19)15-28(5,26(31)34)16-24(32)33/h7-14,17,22-23,25,35H,6,15-16H2,1-5H3,(H,32,33)/t17-,22?,23+,25-,28-/m1/s1. The lowest BCUT2D eigenvalue weighted by Crippen LogP contribution is -2.59. The Morgan fingerprint density at radius 3 is 2.29 bits per heavy atom. The molecule has 1 aliphatic heterocycles. The maximum Gasteiger partial charge on any atom is 0.304 e. The highest BCUT2D eigenvalue weighted by molar-refractivity contribution is 6.30. The molecule has 3 rings (SSSR count). The molecule has 1 saturated heterocycles. The van der Waals surface area contributed by atoms with Crippen LogP contribution in [0, 0.1) is 11.3 Å². The van der Waals surface area contributed by atoms with Crippen LogP contribution in [0.5, 0.6) is 0 Å². The summed E-state index contributed by atoms with van der Waals surface area (Å²) in [4.78, 5) is 28.0. The molecule has 2 aromatic carbocycles. The molecule has 2 aromatic rings. The van der Waals surface area contributed by atoms with Crippen molar-refractivity contribution in [1.29, 1.82) is 0 Å². The van der Waals surface area contributed by atoms with E-state index >= 15 is 0 Å². The molecule has 0 spiro atoms. The van der Waals surface area contributed by atoms with Crippen LogP contribution < -0.4 is 0 Å². The number of nitrogens with zero attached hydrogens (tertiary/aromatic N) is 1. The lowest BCUT2D eigenvalue weighted by atomic mass is 9.66. The number of carbonyl (C=O) groups is 2. The number of piperidine rings is 1. The molecule has 2 N–H and O–H groups in total. The van der Waals surface area contributed by atoms with Gasteiger partial charge in [0.1, 0.15) is 0 Å². The number of amides is 1. The van der Waals surface area contributed by atoms with Gasteiger partial charge in [-0.25, -0.2) is 0 Å². The molecule has 0 aromatic heterocycles. The molecule has 1 aliphatic rings. The number of halogens is 2. The van der Waals surface area contributed by atoms with Crippen LogP contribution in [-0.2, 0) is 9.59 Å². The molecule has 5 atom stereocenters. The fourth-order valence-corrected chi connectivity index (χ4v) is 5.83. The molecule has 1 unspecified atom stereocenters. The molecule has 1 heterocycles. The molecule has 0 bridgehead atoms. The maximum absolute atomic E-state index is 14.2. The van der Waals surface area contributed by atoms with E-state index in [1.807, 2.05) is 49.1 Å². The first kappa shape index (κ1) is 27.5. The van der Waals surface area contributed by atoms with E-state index in [1.54, 1.807) is 39.0 Å². The predicted octanol–water partition coefficient (Wildman–Crippen LogP) is 6.72. The van der Waals surface area contributed by atoms with Gasteiger partial charge in [-0.2, -0.15) is 0 Å². The van der Waals surface area contributed by atoms with Gasteiger partial charge < -0.3 is 15.1 Å². The summed E-state index contributed by atoms with van der Waals surface area (Å²) in [6.07, 6.45) is 0.683. The third kappa shape index (κ3) is 5.84. The Bertz CT molecular complexity index is 1070. The van der Waals surface area contributed by atoms with Crippen molar-refractivity contribution >= 4 is 35.1 Å². The smallest absolute Gasteiger partial charge is 0.304 e. The Morgan fingerprint density at radius 2 is 1.77 bits per heavy atom.